The maximum Gasteiger partial charge on any atom is 0.416 e. The van der Waals surface area contributed by atoms with Crippen molar-refractivity contribution in [2.75, 3.05) is 0 Å². The van der Waals surface area contributed by atoms with E-state index in [4.69, 9.17) is 23.2 Å². The number of hydrogen-bond donors (Lipinski definition) is 1. The number of carbonyl (C=O) groups is 1. The molecule has 0 fully saturated rings. The van der Waals surface area contributed by atoms with E-state index in [1.807, 2.05) is 0 Å². The fourth-order valence-electron chi connectivity index (χ4n) is 1.99. The molecule has 2 aromatic carbocycles. The number of alkyl halides is 3. The second kappa shape index (κ2) is 6.81. The van der Waals surface area contributed by atoms with E-state index in [2.05, 4.69) is 5.32 Å². The van der Waals surface area contributed by atoms with Gasteiger partial charge in [0.1, 0.15) is 0 Å². The Labute approximate surface area is 141 Å². The maximum absolute atomic E-state index is 12.5. The standard InChI is InChI=1S/C16H12Cl2F3NO/c1-9(10-2-4-11(5-3-10)16(19,20)21)22-15(23)13-7-6-12(17)8-14(13)18/h2-9H,1H3,(H,22,23). The van der Waals surface area contributed by atoms with Crippen molar-refractivity contribution in [3.05, 3.63) is 69.2 Å². The van der Waals surface area contributed by atoms with Crippen molar-refractivity contribution in [1.29, 1.82) is 0 Å². The third-order valence-electron chi connectivity index (χ3n) is 3.26. The SMILES string of the molecule is CC(NC(=O)c1ccc(Cl)cc1Cl)c1ccc(C(F)(F)F)cc1. The van der Waals surface area contributed by atoms with Gasteiger partial charge in [0.25, 0.3) is 5.91 Å². The van der Waals surface area contributed by atoms with Crippen molar-refractivity contribution in [2.45, 2.75) is 19.1 Å². The molecule has 1 N–H and O–H groups in total. The highest BCUT2D eigenvalue weighted by Gasteiger charge is 2.30. The molecule has 0 aromatic heterocycles. The molecule has 23 heavy (non-hydrogen) atoms. The topological polar surface area (TPSA) is 29.1 Å². The van der Waals surface area contributed by atoms with E-state index in [-0.39, 0.29) is 10.6 Å². The van der Waals surface area contributed by atoms with Crippen LogP contribution >= 0.6 is 23.2 Å². The summed E-state index contributed by atoms with van der Waals surface area (Å²) in [7, 11) is 0. The minimum absolute atomic E-state index is 0.203. The summed E-state index contributed by atoms with van der Waals surface area (Å²) in [6.07, 6.45) is -4.39. The first kappa shape index (κ1) is 17.6. The van der Waals surface area contributed by atoms with Gasteiger partial charge in [-0.3, -0.25) is 4.79 Å². The summed E-state index contributed by atoms with van der Waals surface area (Å²) in [5, 5.41) is 3.29. The molecule has 0 heterocycles. The molecule has 0 radical (unpaired) electrons. The minimum atomic E-state index is -4.39. The van der Waals surface area contributed by atoms with Gasteiger partial charge < -0.3 is 5.32 Å². The van der Waals surface area contributed by atoms with E-state index < -0.39 is 23.7 Å². The van der Waals surface area contributed by atoms with Crippen LogP contribution in [0.25, 0.3) is 0 Å². The number of halogens is 5. The number of hydrogen-bond acceptors (Lipinski definition) is 1. The van der Waals surface area contributed by atoms with Crippen LogP contribution in [-0.2, 0) is 6.18 Å². The highest BCUT2D eigenvalue weighted by molar-refractivity contribution is 6.36. The lowest BCUT2D eigenvalue weighted by Crippen LogP contribution is -2.27. The van der Waals surface area contributed by atoms with Crippen LogP contribution in [0.3, 0.4) is 0 Å². The van der Waals surface area contributed by atoms with Crippen LogP contribution in [0.2, 0.25) is 10.0 Å². The Morgan fingerprint density at radius 3 is 2.22 bits per heavy atom. The minimum Gasteiger partial charge on any atom is -0.345 e. The van der Waals surface area contributed by atoms with Crippen molar-refractivity contribution in [1.82, 2.24) is 5.32 Å². The van der Waals surface area contributed by atoms with Crippen LogP contribution in [0.4, 0.5) is 13.2 Å². The summed E-state index contributed by atoms with van der Waals surface area (Å²) in [5.74, 6) is -0.431. The molecule has 122 valence electrons. The predicted octanol–water partition coefficient (Wildman–Crippen LogP) is 5.50. The third kappa shape index (κ3) is 4.39. The van der Waals surface area contributed by atoms with Crippen LogP contribution in [0.15, 0.2) is 42.5 Å². The van der Waals surface area contributed by atoms with E-state index in [1.54, 1.807) is 6.92 Å². The lowest BCUT2D eigenvalue weighted by molar-refractivity contribution is -0.137. The van der Waals surface area contributed by atoms with Crippen molar-refractivity contribution >= 4 is 29.1 Å². The Kier molecular flexibility index (Phi) is 5.22. The largest absolute Gasteiger partial charge is 0.416 e. The van der Waals surface area contributed by atoms with E-state index in [0.717, 1.165) is 12.1 Å². The predicted molar refractivity (Wildman–Crippen MR) is 83.8 cm³/mol. The molecule has 2 rings (SSSR count). The van der Waals surface area contributed by atoms with Crippen LogP contribution < -0.4 is 5.32 Å². The molecule has 0 aliphatic rings. The van der Waals surface area contributed by atoms with Gasteiger partial charge in [0.05, 0.1) is 22.2 Å². The Balaban J connectivity index is 2.12. The summed E-state index contributed by atoms with van der Waals surface area (Å²) in [6, 6.07) is 8.61. The number of benzene rings is 2. The molecule has 1 unspecified atom stereocenters. The van der Waals surface area contributed by atoms with Crippen molar-refractivity contribution in [2.24, 2.45) is 0 Å². The lowest BCUT2D eigenvalue weighted by atomic mass is 10.1. The maximum atomic E-state index is 12.5. The number of nitrogens with one attached hydrogen (secondary N) is 1. The van der Waals surface area contributed by atoms with Gasteiger partial charge in [-0.15, -0.1) is 0 Å². The second-order valence-corrected chi connectivity index (χ2v) is 5.78. The van der Waals surface area contributed by atoms with Crippen LogP contribution in [0.1, 0.15) is 34.5 Å². The van der Waals surface area contributed by atoms with Crippen LogP contribution in [0.5, 0.6) is 0 Å². The lowest BCUT2D eigenvalue weighted by Gasteiger charge is -2.16. The monoisotopic (exact) mass is 361 g/mol. The van der Waals surface area contributed by atoms with E-state index in [1.165, 1.54) is 30.3 Å². The molecule has 1 atom stereocenters. The average Bonchev–Trinajstić information content (AvgIpc) is 2.46. The molecule has 2 nitrogen and oxygen atoms in total. The van der Waals surface area contributed by atoms with Crippen molar-refractivity contribution in [3.8, 4) is 0 Å². The number of amides is 1. The molecule has 1 amide bonds. The molecule has 0 aliphatic carbocycles. The molecular weight excluding hydrogens is 350 g/mol. The smallest absolute Gasteiger partial charge is 0.345 e. The first-order valence-electron chi connectivity index (χ1n) is 6.61. The Morgan fingerprint density at radius 1 is 1.09 bits per heavy atom. The summed E-state index contributed by atoms with van der Waals surface area (Å²) in [6.45, 7) is 1.67. The molecule has 0 spiro atoms. The zero-order chi connectivity index (χ0) is 17.2. The van der Waals surface area contributed by atoms with E-state index in [0.29, 0.717) is 10.6 Å². The first-order chi connectivity index (χ1) is 10.7. The van der Waals surface area contributed by atoms with Crippen molar-refractivity contribution in [3.63, 3.8) is 0 Å². The van der Waals surface area contributed by atoms with Crippen molar-refractivity contribution < 1.29 is 18.0 Å². The molecule has 7 heteroatoms. The zero-order valence-corrected chi connectivity index (χ0v) is 13.4. The Bertz CT molecular complexity index is 714. The summed E-state index contributed by atoms with van der Waals surface area (Å²) in [5.41, 5.74) is 0.0618. The van der Waals surface area contributed by atoms with Gasteiger partial charge in [0.2, 0.25) is 0 Å². The van der Waals surface area contributed by atoms with Crippen LogP contribution in [-0.4, -0.2) is 5.91 Å². The number of rotatable bonds is 3. The quantitative estimate of drug-likeness (QED) is 0.767. The normalized spacial score (nSPS) is 12.8. The van der Waals surface area contributed by atoms with Crippen LogP contribution in [0, 0.1) is 0 Å². The molecule has 0 saturated carbocycles. The Hall–Kier alpha value is -1.72. The van der Waals surface area contributed by atoms with Gasteiger partial charge in [-0.25, -0.2) is 0 Å². The molecular formula is C16H12Cl2F3NO. The zero-order valence-electron chi connectivity index (χ0n) is 11.9. The third-order valence-corrected chi connectivity index (χ3v) is 3.81. The molecule has 0 saturated heterocycles. The molecule has 0 bridgehead atoms. The molecule has 0 aliphatic heterocycles. The van der Waals surface area contributed by atoms with Gasteiger partial charge in [-0.05, 0) is 42.8 Å². The van der Waals surface area contributed by atoms with E-state index in [9.17, 15) is 18.0 Å². The molecule has 2 aromatic rings. The summed E-state index contributed by atoms with van der Waals surface area (Å²) >= 11 is 11.7. The highest BCUT2D eigenvalue weighted by atomic mass is 35.5. The highest BCUT2D eigenvalue weighted by Crippen LogP contribution is 2.30. The summed E-state index contributed by atoms with van der Waals surface area (Å²) < 4.78 is 37.6. The van der Waals surface area contributed by atoms with Gasteiger partial charge in [-0.2, -0.15) is 13.2 Å². The van der Waals surface area contributed by atoms with Gasteiger partial charge in [-0.1, -0.05) is 35.3 Å². The van der Waals surface area contributed by atoms with Gasteiger partial charge in [0.15, 0.2) is 0 Å². The Morgan fingerprint density at radius 2 is 1.70 bits per heavy atom. The van der Waals surface area contributed by atoms with E-state index >= 15 is 0 Å². The average molecular weight is 362 g/mol. The number of carbonyl (C=O) groups excluding carboxylic acids is 1. The fourth-order valence-corrected chi connectivity index (χ4v) is 2.49. The van der Waals surface area contributed by atoms with Gasteiger partial charge >= 0.3 is 6.18 Å². The fraction of sp³-hybridized carbons (Fsp3) is 0.188. The van der Waals surface area contributed by atoms with Gasteiger partial charge in [0, 0.05) is 5.02 Å². The summed E-state index contributed by atoms with van der Waals surface area (Å²) in [4.78, 5) is 12.2. The second-order valence-electron chi connectivity index (χ2n) is 4.94. The first-order valence-corrected chi connectivity index (χ1v) is 7.37.